The summed E-state index contributed by atoms with van der Waals surface area (Å²) in [6, 6.07) is 8.02. The summed E-state index contributed by atoms with van der Waals surface area (Å²) < 4.78 is 35.0. The molecule has 2 aromatic rings. The van der Waals surface area contributed by atoms with Crippen molar-refractivity contribution < 1.29 is 60.7 Å². The van der Waals surface area contributed by atoms with Crippen LogP contribution in [0, 0.1) is 0 Å². The molecule has 0 aromatic heterocycles. The summed E-state index contributed by atoms with van der Waals surface area (Å²) in [6.45, 7) is 13.8. The molecule has 2 rings (SSSR count). The SMILES string of the molecule is CCO[Si](CCCNC(=O)c1ccc(C(=O)c2ccc(C(=O)O)c(C(=O)NCCC[Si](OCC)(OCC)OCC)c2)cc1C(=O)O)(OCC)OCC. The van der Waals surface area contributed by atoms with Crippen molar-refractivity contribution in [3.63, 3.8) is 0 Å². The lowest BCUT2D eigenvalue weighted by Crippen LogP contribution is -2.46. The topological polar surface area (TPSA) is 205 Å². The maximum atomic E-state index is 13.5. The van der Waals surface area contributed by atoms with Crippen LogP contribution in [-0.4, -0.2) is 110 Å². The van der Waals surface area contributed by atoms with Crippen molar-refractivity contribution in [2.75, 3.05) is 52.7 Å². The van der Waals surface area contributed by atoms with Crippen LogP contribution in [0.15, 0.2) is 36.4 Å². The number of hydrogen-bond donors (Lipinski definition) is 4. The number of carboxylic acids is 2. The van der Waals surface area contributed by atoms with Gasteiger partial charge in [-0.1, -0.05) is 12.1 Å². The van der Waals surface area contributed by atoms with Crippen molar-refractivity contribution in [2.24, 2.45) is 0 Å². The third kappa shape index (κ3) is 12.7. The van der Waals surface area contributed by atoms with Crippen molar-refractivity contribution in [3.8, 4) is 0 Å². The van der Waals surface area contributed by atoms with E-state index in [0.717, 1.165) is 18.2 Å². The Hall–Kier alpha value is -3.82. The lowest BCUT2D eigenvalue weighted by atomic mass is 9.95. The maximum Gasteiger partial charge on any atom is 0.500 e. The van der Waals surface area contributed by atoms with E-state index in [-0.39, 0.29) is 40.9 Å². The molecule has 0 fully saturated rings. The van der Waals surface area contributed by atoms with Crippen LogP contribution >= 0.6 is 0 Å². The fourth-order valence-electron chi connectivity index (χ4n) is 5.49. The summed E-state index contributed by atoms with van der Waals surface area (Å²) in [5.41, 5.74) is -1.26. The molecule has 0 saturated heterocycles. The molecule has 52 heavy (non-hydrogen) atoms. The number of carbonyl (C=O) groups excluding carboxylic acids is 3. The lowest BCUT2D eigenvalue weighted by molar-refractivity contribution is 0.0681. The highest BCUT2D eigenvalue weighted by molar-refractivity contribution is 6.61. The van der Waals surface area contributed by atoms with Crippen molar-refractivity contribution in [2.45, 2.75) is 66.5 Å². The highest BCUT2D eigenvalue weighted by atomic mass is 28.4. The minimum atomic E-state index is -2.95. The Labute approximate surface area is 307 Å². The van der Waals surface area contributed by atoms with Gasteiger partial charge in [0.2, 0.25) is 0 Å². The van der Waals surface area contributed by atoms with Gasteiger partial charge in [-0.05, 0) is 78.6 Å². The normalized spacial score (nSPS) is 11.7. The van der Waals surface area contributed by atoms with E-state index in [1.807, 2.05) is 41.5 Å². The molecule has 0 bridgehead atoms. The van der Waals surface area contributed by atoms with Gasteiger partial charge in [0.25, 0.3) is 11.8 Å². The fraction of sp³-hybridized carbons (Fsp3) is 0.514. The van der Waals surface area contributed by atoms with Crippen LogP contribution in [0.25, 0.3) is 0 Å². The van der Waals surface area contributed by atoms with Gasteiger partial charge in [0.1, 0.15) is 0 Å². The molecule has 0 saturated carbocycles. The van der Waals surface area contributed by atoms with Gasteiger partial charge in [0.15, 0.2) is 5.78 Å². The molecule has 0 aliphatic heterocycles. The second kappa shape index (κ2) is 22.3. The predicted octanol–water partition coefficient (Wildman–Crippen LogP) is 4.65. The Bertz CT molecular complexity index is 1490. The first-order chi connectivity index (χ1) is 24.9. The molecule has 17 heteroatoms. The van der Waals surface area contributed by atoms with Gasteiger partial charge in [0, 0.05) is 75.9 Å². The van der Waals surface area contributed by atoms with Crippen molar-refractivity contribution in [1.82, 2.24) is 10.6 Å². The van der Waals surface area contributed by atoms with Crippen LogP contribution in [0.1, 0.15) is 112 Å². The molecule has 0 atom stereocenters. The van der Waals surface area contributed by atoms with E-state index < -0.39 is 52.7 Å². The van der Waals surface area contributed by atoms with Crippen LogP contribution < -0.4 is 10.6 Å². The van der Waals surface area contributed by atoms with E-state index in [4.69, 9.17) is 26.6 Å². The summed E-state index contributed by atoms with van der Waals surface area (Å²) in [5.74, 6) is -4.84. The number of carbonyl (C=O) groups is 5. The van der Waals surface area contributed by atoms with Crippen molar-refractivity contribution in [3.05, 3.63) is 69.8 Å². The molecule has 0 radical (unpaired) electrons. The Morgan fingerprint density at radius 2 is 0.865 bits per heavy atom. The predicted molar refractivity (Wildman–Crippen MR) is 195 cm³/mol. The standard InChI is InChI=1S/C35H52N2O13Si2/c1-7-45-51(46-8-2,47-9-3)21-13-19-36-32(39)27-17-15-26(24-30(27)35(43)44)31(38)25-16-18-28(34(41)42)29(23-25)33(40)37-20-14-22-52(48-10-4,49-11-5)50-12-6/h15-18,23-24H,7-14,19-22H2,1-6H3,(H,36,39)(H,37,40)(H,41,42)(H,43,44). The van der Waals surface area contributed by atoms with Gasteiger partial charge < -0.3 is 47.4 Å². The number of rotatable bonds is 26. The molecule has 0 aliphatic carbocycles. The van der Waals surface area contributed by atoms with Crippen LogP contribution in [0.2, 0.25) is 12.1 Å². The van der Waals surface area contributed by atoms with Crippen molar-refractivity contribution in [1.29, 1.82) is 0 Å². The second-order valence-electron chi connectivity index (χ2n) is 11.1. The number of aromatic carboxylic acids is 2. The van der Waals surface area contributed by atoms with Gasteiger partial charge in [-0.25, -0.2) is 9.59 Å². The van der Waals surface area contributed by atoms with E-state index in [2.05, 4.69) is 10.6 Å². The van der Waals surface area contributed by atoms with Crippen LogP contribution in [0.4, 0.5) is 0 Å². The van der Waals surface area contributed by atoms with Gasteiger partial charge in [-0.3, -0.25) is 14.4 Å². The molecule has 2 amide bonds. The average molecular weight is 765 g/mol. The number of hydrogen-bond acceptors (Lipinski definition) is 11. The fourth-order valence-corrected chi connectivity index (χ4v) is 10.7. The first kappa shape index (κ1) is 44.3. The summed E-state index contributed by atoms with van der Waals surface area (Å²) in [6.07, 6.45) is 0.878. The zero-order valence-corrected chi connectivity index (χ0v) is 32.8. The second-order valence-corrected chi connectivity index (χ2v) is 16.6. The van der Waals surface area contributed by atoms with E-state index in [1.165, 1.54) is 18.2 Å². The van der Waals surface area contributed by atoms with E-state index >= 15 is 0 Å². The monoisotopic (exact) mass is 764 g/mol. The summed E-state index contributed by atoms with van der Waals surface area (Å²) >= 11 is 0. The summed E-state index contributed by atoms with van der Waals surface area (Å²) in [7, 11) is -5.88. The molecule has 0 unspecified atom stereocenters. The van der Waals surface area contributed by atoms with Crippen LogP contribution in [0.3, 0.4) is 0 Å². The molecule has 288 valence electrons. The van der Waals surface area contributed by atoms with Gasteiger partial charge in [-0.15, -0.1) is 0 Å². The number of amides is 2. The largest absolute Gasteiger partial charge is 0.500 e. The lowest BCUT2D eigenvalue weighted by Gasteiger charge is -2.28. The van der Waals surface area contributed by atoms with Crippen LogP contribution in [0.5, 0.6) is 0 Å². The Kier molecular flexibility index (Phi) is 19.0. The summed E-state index contributed by atoms with van der Waals surface area (Å²) in [4.78, 5) is 64.0. The zero-order chi connectivity index (χ0) is 38.7. The van der Waals surface area contributed by atoms with Gasteiger partial charge in [-0.2, -0.15) is 0 Å². The van der Waals surface area contributed by atoms with E-state index in [1.54, 1.807) is 0 Å². The third-order valence-corrected chi connectivity index (χ3v) is 13.9. The highest BCUT2D eigenvalue weighted by Crippen LogP contribution is 2.22. The molecule has 2 aromatic carbocycles. The highest BCUT2D eigenvalue weighted by Gasteiger charge is 2.40. The van der Waals surface area contributed by atoms with Crippen molar-refractivity contribution >= 4 is 47.1 Å². The zero-order valence-electron chi connectivity index (χ0n) is 30.8. The molecule has 0 aliphatic rings. The molecular weight excluding hydrogens is 713 g/mol. The number of carboxylic acid groups (broad SMARTS) is 2. The Morgan fingerprint density at radius 1 is 0.519 bits per heavy atom. The number of ketones is 1. The first-order valence-electron chi connectivity index (χ1n) is 17.6. The van der Waals surface area contributed by atoms with Gasteiger partial charge >= 0.3 is 29.5 Å². The maximum absolute atomic E-state index is 13.5. The molecule has 4 N–H and O–H groups in total. The minimum absolute atomic E-state index is 0.0512. The molecular formula is C35H52N2O13Si2. The quantitative estimate of drug-likeness (QED) is 0.0586. The smallest absolute Gasteiger partial charge is 0.478 e. The Morgan fingerprint density at radius 3 is 1.23 bits per heavy atom. The van der Waals surface area contributed by atoms with E-state index in [9.17, 15) is 34.2 Å². The first-order valence-corrected chi connectivity index (χ1v) is 21.4. The minimum Gasteiger partial charge on any atom is -0.478 e. The Balaban J connectivity index is 2.22. The molecule has 15 nitrogen and oxygen atoms in total. The van der Waals surface area contributed by atoms with Crippen LogP contribution in [-0.2, 0) is 26.6 Å². The average Bonchev–Trinajstić information content (AvgIpc) is 3.11. The summed E-state index contributed by atoms with van der Waals surface area (Å²) in [5, 5.41) is 25.1. The van der Waals surface area contributed by atoms with Gasteiger partial charge in [0.05, 0.1) is 22.3 Å². The number of nitrogens with one attached hydrogen (secondary N) is 2. The van der Waals surface area contributed by atoms with E-state index in [0.29, 0.717) is 64.6 Å². The third-order valence-electron chi connectivity index (χ3n) is 7.59. The molecule has 0 heterocycles. The molecule has 0 spiro atoms. The number of benzene rings is 2.